The number of hydrogen-bond donors (Lipinski definition) is 6. The first-order chi connectivity index (χ1) is 16.2. The van der Waals surface area contributed by atoms with Gasteiger partial charge in [0.15, 0.2) is 0 Å². The number of carboxylic acid groups (broad SMARTS) is 1. The largest absolute Gasteiger partial charge is 0.480 e. The van der Waals surface area contributed by atoms with Gasteiger partial charge in [-0.3, -0.25) is 19.2 Å². The van der Waals surface area contributed by atoms with Gasteiger partial charge in [0.05, 0.1) is 6.04 Å². The van der Waals surface area contributed by atoms with Crippen molar-refractivity contribution in [3.63, 3.8) is 0 Å². The standard InChI is InChI=1S/C24H33N5O5/c1-13(2)20(23(32)27-14(3)24(33)34)29-22(31)19(28-21(30)18-9-6-10-25-18)11-15-12-26-17-8-5-4-7-16(15)17/h4-5,7-8,12-14,18-20,25-26H,6,9-11H2,1-3H3,(H,27,32)(H,28,30)(H,29,31)(H,33,34). The molecule has 2 aromatic rings. The van der Waals surface area contributed by atoms with Crippen molar-refractivity contribution >= 4 is 34.6 Å². The molecule has 34 heavy (non-hydrogen) atoms. The van der Waals surface area contributed by atoms with Crippen LogP contribution in [-0.2, 0) is 25.6 Å². The van der Waals surface area contributed by atoms with Crippen molar-refractivity contribution < 1.29 is 24.3 Å². The maximum absolute atomic E-state index is 13.3. The molecule has 3 amide bonds. The van der Waals surface area contributed by atoms with Crippen molar-refractivity contribution in [3.8, 4) is 0 Å². The van der Waals surface area contributed by atoms with E-state index in [0.717, 1.165) is 29.4 Å². The third-order valence-electron chi connectivity index (χ3n) is 6.08. The zero-order chi connectivity index (χ0) is 24.8. The van der Waals surface area contributed by atoms with Crippen molar-refractivity contribution in [2.45, 2.75) is 64.2 Å². The summed E-state index contributed by atoms with van der Waals surface area (Å²) in [5, 5.41) is 21.2. The van der Waals surface area contributed by atoms with Gasteiger partial charge in [0.2, 0.25) is 17.7 Å². The first kappa shape index (κ1) is 25.2. The lowest BCUT2D eigenvalue weighted by Crippen LogP contribution is -2.58. The minimum Gasteiger partial charge on any atom is -0.480 e. The fraction of sp³-hybridized carbons (Fsp3) is 0.500. The highest BCUT2D eigenvalue weighted by Gasteiger charge is 2.32. The van der Waals surface area contributed by atoms with Crippen LogP contribution in [0.3, 0.4) is 0 Å². The van der Waals surface area contributed by atoms with Crippen LogP contribution in [-0.4, -0.2) is 64.5 Å². The van der Waals surface area contributed by atoms with E-state index in [-0.39, 0.29) is 24.3 Å². The normalized spacial score (nSPS) is 18.3. The number of nitrogens with one attached hydrogen (secondary N) is 5. The van der Waals surface area contributed by atoms with Crippen molar-refractivity contribution in [1.82, 2.24) is 26.3 Å². The summed E-state index contributed by atoms with van der Waals surface area (Å²) in [5.41, 5.74) is 1.78. The summed E-state index contributed by atoms with van der Waals surface area (Å²) in [6.45, 7) is 5.61. The summed E-state index contributed by atoms with van der Waals surface area (Å²) in [7, 11) is 0. The zero-order valence-corrected chi connectivity index (χ0v) is 19.7. The van der Waals surface area contributed by atoms with Gasteiger partial charge in [0.25, 0.3) is 0 Å². The van der Waals surface area contributed by atoms with Gasteiger partial charge >= 0.3 is 5.97 Å². The lowest BCUT2D eigenvalue weighted by Gasteiger charge is -2.26. The van der Waals surface area contributed by atoms with Crippen LogP contribution in [0.2, 0.25) is 0 Å². The summed E-state index contributed by atoms with van der Waals surface area (Å²) >= 11 is 0. The molecule has 0 radical (unpaired) electrons. The molecule has 0 bridgehead atoms. The Labute approximate surface area is 198 Å². The van der Waals surface area contributed by atoms with Gasteiger partial charge in [-0.1, -0.05) is 32.0 Å². The molecule has 4 atom stereocenters. The third kappa shape index (κ3) is 6.13. The molecular formula is C24H33N5O5. The van der Waals surface area contributed by atoms with E-state index in [1.54, 1.807) is 13.8 Å². The maximum atomic E-state index is 13.3. The summed E-state index contributed by atoms with van der Waals surface area (Å²) < 4.78 is 0. The number of aliphatic carboxylic acids is 1. The number of benzene rings is 1. The highest BCUT2D eigenvalue weighted by molar-refractivity contribution is 5.95. The minimum absolute atomic E-state index is 0.228. The van der Waals surface area contributed by atoms with E-state index in [9.17, 15) is 19.2 Å². The van der Waals surface area contributed by atoms with E-state index in [0.29, 0.717) is 6.42 Å². The van der Waals surface area contributed by atoms with Crippen LogP contribution in [0.1, 0.15) is 39.2 Å². The molecule has 1 aliphatic heterocycles. The highest BCUT2D eigenvalue weighted by Crippen LogP contribution is 2.19. The van der Waals surface area contributed by atoms with Crippen LogP contribution < -0.4 is 21.3 Å². The fourth-order valence-electron chi connectivity index (χ4n) is 4.06. The molecule has 1 saturated heterocycles. The smallest absolute Gasteiger partial charge is 0.325 e. The summed E-state index contributed by atoms with van der Waals surface area (Å²) in [4.78, 5) is 53.2. The molecule has 1 aliphatic rings. The number of carboxylic acids is 1. The Bertz CT molecular complexity index is 1040. The number of amides is 3. The van der Waals surface area contributed by atoms with Crippen molar-refractivity contribution in [2.24, 2.45) is 5.92 Å². The van der Waals surface area contributed by atoms with Gasteiger partial charge in [-0.25, -0.2) is 0 Å². The average molecular weight is 472 g/mol. The van der Waals surface area contributed by atoms with E-state index < -0.39 is 35.9 Å². The predicted molar refractivity (Wildman–Crippen MR) is 127 cm³/mol. The molecule has 0 saturated carbocycles. The summed E-state index contributed by atoms with van der Waals surface area (Å²) in [6.07, 6.45) is 3.62. The van der Waals surface area contributed by atoms with Crippen molar-refractivity contribution in [3.05, 3.63) is 36.0 Å². The lowest BCUT2D eigenvalue weighted by atomic mass is 10.00. The molecule has 10 heteroatoms. The van der Waals surface area contributed by atoms with Gasteiger partial charge < -0.3 is 31.4 Å². The Morgan fingerprint density at radius 3 is 2.44 bits per heavy atom. The Morgan fingerprint density at radius 1 is 1.06 bits per heavy atom. The predicted octanol–water partition coefficient (Wildman–Crippen LogP) is 0.677. The quantitative estimate of drug-likeness (QED) is 0.300. The van der Waals surface area contributed by atoms with Crippen LogP contribution in [0.5, 0.6) is 0 Å². The second-order valence-corrected chi connectivity index (χ2v) is 9.07. The molecule has 1 aromatic heterocycles. The number of hydrogen-bond acceptors (Lipinski definition) is 5. The molecule has 6 N–H and O–H groups in total. The molecule has 0 spiro atoms. The first-order valence-corrected chi connectivity index (χ1v) is 11.6. The molecular weight excluding hydrogens is 438 g/mol. The number of H-pyrrole nitrogens is 1. The number of carbonyl (C=O) groups is 4. The number of carbonyl (C=O) groups excluding carboxylic acids is 3. The Morgan fingerprint density at radius 2 is 1.79 bits per heavy atom. The van der Waals surface area contributed by atoms with Crippen LogP contribution in [0, 0.1) is 5.92 Å². The van der Waals surface area contributed by atoms with Crippen molar-refractivity contribution in [2.75, 3.05) is 6.54 Å². The minimum atomic E-state index is -1.17. The summed E-state index contributed by atoms with van der Waals surface area (Å²) in [6, 6.07) is 4.34. The van der Waals surface area contributed by atoms with Crippen LogP contribution in [0.25, 0.3) is 10.9 Å². The highest BCUT2D eigenvalue weighted by atomic mass is 16.4. The van der Waals surface area contributed by atoms with Gasteiger partial charge in [0, 0.05) is 23.5 Å². The molecule has 10 nitrogen and oxygen atoms in total. The van der Waals surface area contributed by atoms with E-state index in [4.69, 9.17) is 5.11 Å². The molecule has 1 fully saturated rings. The molecule has 4 unspecified atom stereocenters. The monoisotopic (exact) mass is 471 g/mol. The van der Waals surface area contributed by atoms with E-state index in [1.165, 1.54) is 6.92 Å². The molecule has 1 aromatic carbocycles. The molecule has 2 heterocycles. The zero-order valence-electron chi connectivity index (χ0n) is 19.7. The molecule has 3 rings (SSSR count). The second-order valence-electron chi connectivity index (χ2n) is 9.07. The van der Waals surface area contributed by atoms with Crippen LogP contribution >= 0.6 is 0 Å². The second kappa shape index (κ2) is 11.1. The first-order valence-electron chi connectivity index (χ1n) is 11.6. The number of aromatic nitrogens is 1. The lowest BCUT2D eigenvalue weighted by molar-refractivity contribution is -0.142. The van der Waals surface area contributed by atoms with Crippen LogP contribution in [0.15, 0.2) is 30.5 Å². The Balaban J connectivity index is 1.80. The maximum Gasteiger partial charge on any atom is 0.325 e. The van der Waals surface area contributed by atoms with E-state index in [2.05, 4.69) is 26.3 Å². The topological polar surface area (TPSA) is 152 Å². The molecule has 184 valence electrons. The fourth-order valence-corrected chi connectivity index (χ4v) is 4.06. The van der Waals surface area contributed by atoms with Gasteiger partial charge in [-0.05, 0) is 43.9 Å². The van der Waals surface area contributed by atoms with Gasteiger partial charge in [-0.15, -0.1) is 0 Å². The average Bonchev–Trinajstić information content (AvgIpc) is 3.47. The third-order valence-corrected chi connectivity index (χ3v) is 6.08. The van der Waals surface area contributed by atoms with Gasteiger partial charge in [0.1, 0.15) is 18.1 Å². The number of fused-ring (bicyclic) bond motifs is 1. The van der Waals surface area contributed by atoms with E-state index in [1.807, 2.05) is 30.5 Å². The number of rotatable bonds is 10. The van der Waals surface area contributed by atoms with E-state index >= 15 is 0 Å². The van der Waals surface area contributed by atoms with Gasteiger partial charge in [-0.2, -0.15) is 0 Å². The number of para-hydroxylation sites is 1. The SMILES string of the molecule is CC(NC(=O)C(NC(=O)C(Cc1c[nH]c2ccccc12)NC(=O)C1CCCN1)C(C)C)C(=O)O. The Kier molecular flexibility index (Phi) is 8.27. The summed E-state index contributed by atoms with van der Waals surface area (Å²) in [5.74, 6) is -2.83. The number of aromatic amines is 1. The molecule has 0 aliphatic carbocycles. The Hall–Kier alpha value is -3.40. The van der Waals surface area contributed by atoms with Crippen molar-refractivity contribution in [1.29, 1.82) is 0 Å². The van der Waals surface area contributed by atoms with Crippen LogP contribution in [0.4, 0.5) is 0 Å².